The average Bonchev–Trinajstić information content (AvgIpc) is 2.15. The van der Waals surface area contributed by atoms with Gasteiger partial charge in [0.25, 0.3) is 0 Å². The standard InChI is InChI=1S/C10H14FNO/c1-8(11)13-7-10(12)9-5-3-2-4-6-9/h2-6,8,10H,7,12H2,1H3/t8?,10-/m1/s1. The molecule has 0 aliphatic rings. The van der Waals surface area contributed by atoms with Crippen molar-refractivity contribution in [2.45, 2.75) is 19.3 Å². The Morgan fingerprint density at radius 3 is 2.54 bits per heavy atom. The summed E-state index contributed by atoms with van der Waals surface area (Å²) >= 11 is 0. The molecule has 2 N–H and O–H groups in total. The molecule has 0 spiro atoms. The molecule has 2 atom stereocenters. The van der Waals surface area contributed by atoms with Gasteiger partial charge in [-0.2, -0.15) is 0 Å². The van der Waals surface area contributed by atoms with E-state index in [1.165, 1.54) is 6.92 Å². The van der Waals surface area contributed by atoms with Crippen LogP contribution in [-0.4, -0.2) is 13.0 Å². The predicted molar refractivity (Wildman–Crippen MR) is 49.9 cm³/mol. The predicted octanol–water partition coefficient (Wildman–Crippen LogP) is 2.02. The zero-order valence-corrected chi connectivity index (χ0v) is 7.61. The van der Waals surface area contributed by atoms with E-state index in [4.69, 9.17) is 10.5 Å². The average molecular weight is 183 g/mol. The van der Waals surface area contributed by atoms with E-state index in [1.807, 2.05) is 30.3 Å². The maximum absolute atomic E-state index is 12.3. The van der Waals surface area contributed by atoms with Crippen LogP contribution in [0.4, 0.5) is 4.39 Å². The fraction of sp³-hybridized carbons (Fsp3) is 0.400. The van der Waals surface area contributed by atoms with Gasteiger partial charge in [0.2, 0.25) is 0 Å². The number of ether oxygens (including phenoxy) is 1. The van der Waals surface area contributed by atoms with E-state index in [0.29, 0.717) is 0 Å². The highest BCUT2D eigenvalue weighted by Crippen LogP contribution is 2.10. The smallest absolute Gasteiger partial charge is 0.195 e. The first kappa shape index (κ1) is 10.2. The third-order valence-corrected chi connectivity index (χ3v) is 1.73. The lowest BCUT2D eigenvalue weighted by molar-refractivity contribution is -0.0303. The molecule has 0 radical (unpaired) electrons. The topological polar surface area (TPSA) is 35.2 Å². The van der Waals surface area contributed by atoms with Crippen LogP contribution < -0.4 is 5.73 Å². The summed E-state index contributed by atoms with van der Waals surface area (Å²) in [6.07, 6.45) is -1.25. The summed E-state index contributed by atoms with van der Waals surface area (Å²) in [4.78, 5) is 0. The van der Waals surface area contributed by atoms with Gasteiger partial charge in [0.1, 0.15) is 0 Å². The van der Waals surface area contributed by atoms with E-state index in [9.17, 15) is 4.39 Å². The van der Waals surface area contributed by atoms with E-state index in [1.54, 1.807) is 0 Å². The van der Waals surface area contributed by atoms with Crippen LogP contribution in [0.2, 0.25) is 0 Å². The Kier molecular flexibility index (Phi) is 3.86. The van der Waals surface area contributed by atoms with Gasteiger partial charge in [0.15, 0.2) is 6.36 Å². The molecular weight excluding hydrogens is 169 g/mol. The van der Waals surface area contributed by atoms with Gasteiger partial charge in [-0.25, -0.2) is 4.39 Å². The molecule has 1 unspecified atom stereocenters. The maximum Gasteiger partial charge on any atom is 0.195 e. The minimum Gasteiger partial charge on any atom is -0.346 e. The highest BCUT2D eigenvalue weighted by Gasteiger charge is 2.06. The monoisotopic (exact) mass is 183 g/mol. The zero-order chi connectivity index (χ0) is 9.68. The van der Waals surface area contributed by atoms with Crippen molar-refractivity contribution in [3.63, 3.8) is 0 Å². The van der Waals surface area contributed by atoms with Gasteiger partial charge >= 0.3 is 0 Å². The number of hydrogen-bond acceptors (Lipinski definition) is 2. The summed E-state index contributed by atoms with van der Waals surface area (Å²) in [5, 5.41) is 0. The van der Waals surface area contributed by atoms with Crippen molar-refractivity contribution in [3.05, 3.63) is 35.9 Å². The van der Waals surface area contributed by atoms with Crippen molar-refractivity contribution in [1.29, 1.82) is 0 Å². The Labute approximate surface area is 77.5 Å². The van der Waals surface area contributed by atoms with Gasteiger partial charge in [0, 0.05) is 0 Å². The quantitative estimate of drug-likeness (QED) is 0.775. The molecule has 72 valence electrons. The Hall–Kier alpha value is -0.930. The molecule has 0 aliphatic heterocycles. The van der Waals surface area contributed by atoms with Gasteiger partial charge in [-0.1, -0.05) is 30.3 Å². The van der Waals surface area contributed by atoms with Crippen LogP contribution >= 0.6 is 0 Å². The molecular formula is C10H14FNO. The third-order valence-electron chi connectivity index (χ3n) is 1.73. The van der Waals surface area contributed by atoms with Crippen LogP contribution in [0.25, 0.3) is 0 Å². The van der Waals surface area contributed by atoms with E-state index >= 15 is 0 Å². The number of rotatable bonds is 4. The van der Waals surface area contributed by atoms with Crippen LogP contribution in [-0.2, 0) is 4.74 Å². The number of hydrogen-bond donors (Lipinski definition) is 1. The molecule has 0 amide bonds. The second-order valence-corrected chi connectivity index (χ2v) is 2.89. The molecule has 0 saturated heterocycles. The lowest BCUT2D eigenvalue weighted by Crippen LogP contribution is -2.18. The Bertz CT molecular complexity index is 238. The number of alkyl halides is 1. The Balaban J connectivity index is 2.44. The van der Waals surface area contributed by atoms with Crippen LogP contribution in [0.3, 0.4) is 0 Å². The molecule has 0 aliphatic carbocycles. The molecule has 1 rings (SSSR count). The van der Waals surface area contributed by atoms with Crippen molar-refractivity contribution in [2.24, 2.45) is 5.73 Å². The number of benzene rings is 1. The van der Waals surface area contributed by atoms with Gasteiger partial charge in [0.05, 0.1) is 12.6 Å². The number of halogens is 1. The minimum absolute atomic E-state index is 0.210. The zero-order valence-electron chi connectivity index (χ0n) is 7.61. The van der Waals surface area contributed by atoms with Crippen LogP contribution in [0.15, 0.2) is 30.3 Å². The van der Waals surface area contributed by atoms with Crippen molar-refractivity contribution in [1.82, 2.24) is 0 Å². The van der Waals surface area contributed by atoms with E-state index < -0.39 is 6.36 Å². The van der Waals surface area contributed by atoms with Crippen molar-refractivity contribution in [2.75, 3.05) is 6.61 Å². The van der Waals surface area contributed by atoms with Gasteiger partial charge in [-0.05, 0) is 12.5 Å². The fourth-order valence-electron chi connectivity index (χ4n) is 1.03. The summed E-state index contributed by atoms with van der Waals surface area (Å²) in [7, 11) is 0. The molecule has 1 aromatic carbocycles. The molecule has 3 heteroatoms. The van der Waals surface area contributed by atoms with Crippen LogP contribution in [0.5, 0.6) is 0 Å². The van der Waals surface area contributed by atoms with E-state index in [2.05, 4.69) is 0 Å². The molecule has 0 fully saturated rings. The second-order valence-electron chi connectivity index (χ2n) is 2.89. The third kappa shape index (κ3) is 3.53. The Morgan fingerprint density at radius 2 is 2.00 bits per heavy atom. The van der Waals surface area contributed by atoms with E-state index in [0.717, 1.165) is 5.56 Å². The van der Waals surface area contributed by atoms with Crippen LogP contribution in [0, 0.1) is 0 Å². The molecule has 0 aromatic heterocycles. The van der Waals surface area contributed by atoms with Crippen molar-refractivity contribution >= 4 is 0 Å². The highest BCUT2D eigenvalue weighted by atomic mass is 19.1. The lowest BCUT2D eigenvalue weighted by atomic mass is 10.1. The summed E-state index contributed by atoms with van der Waals surface area (Å²) in [6.45, 7) is 1.55. The van der Waals surface area contributed by atoms with Crippen molar-refractivity contribution < 1.29 is 9.13 Å². The minimum atomic E-state index is -1.25. The Morgan fingerprint density at radius 1 is 1.38 bits per heavy atom. The molecule has 0 heterocycles. The van der Waals surface area contributed by atoms with Crippen molar-refractivity contribution in [3.8, 4) is 0 Å². The largest absolute Gasteiger partial charge is 0.346 e. The summed E-state index contributed by atoms with van der Waals surface area (Å²) in [5.41, 5.74) is 6.71. The molecule has 1 aromatic rings. The van der Waals surface area contributed by atoms with E-state index in [-0.39, 0.29) is 12.6 Å². The normalized spacial score (nSPS) is 15.3. The van der Waals surface area contributed by atoms with Gasteiger partial charge in [-0.3, -0.25) is 0 Å². The van der Waals surface area contributed by atoms with Crippen LogP contribution in [0.1, 0.15) is 18.5 Å². The first-order chi connectivity index (χ1) is 6.20. The van der Waals surface area contributed by atoms with Gasteiger partial charge in [-0.15, -0.1) is 0 Å². The second kappa shape index (κ2) is 4.94. The lowest BCUT2D eigenvalue weighted by Gasteiger charge is -2.12. The maximum atomic E-state index is 12.3. The molecule has 13 heavy (non-hydrogen) atoms. The summed E-state index contributed by atoms with van der Waals surface area (Å²) < 4.78 is 17.1. The summed E-state index contributed by atoms with van der Waals surface area (Å²) in [5.74, 6) is 0. The first-order valence-electron chi connectivity index (χ1n) is 4.26. The molecule has 2 nitrogen and oxygen atoms in total. The molecule has 0 saturated carbocycles. The molecule has 0 bridgehead atoms. The highest BCUT2D eigenvalue weighted by molar-refractivity contribution is 5.18. The fourth-order valence-corrected chi connectivity index (χ4v) is 1.03. The van der Waals surface area contributed by atoms with Gasteiger partial charge < -0.3 is 10.5 Å². The SMILES string of the molecule is CC(F)OC[C@@H](N)c1ccccc1. The summed E-state index contributed by atoms with van der Waals surface area (Å²) in [6, 6.07) is 9.25. The first-order valence-corrected chi connectivity index (χ1v) is 4.26. The number of nitrogens with two attached hydrogens (primary N) is 1.